The molecule has 0 aliphatic carbocycles. The summed E-state index contributed by atoms with van der Waals surface area (Å²) >= 11 is 13.2. The molecule has 0 spiro atoms. The Morgan fingerprint density at radius 3 is 0.979 bits per heavy atom. The minimum atomic E-state index is -1.67. The number of hydrogen-bond donors (Lipinski definition) is 0. The SMILES string of the molecule is COC(=O)[C@@](C=O)(CC(=O)c1ccc(Br)cc1)c1ccc(Br)cc1.COC(=O)[C@](C=O)(CC(=O)c1ccc(Br)cc1)c1ccc(Br)cc1. The third kappa shape index (κ3) is 9.31. The maximum Gasteiger partial charge on any atom is 0.324 e. The summed E-state index contributed by atoms with van der Waals surface area (Å²) in [5.74, 6) is -2.15. The second-order valence-corrected chi connectivity index (χ2v) is 14.1. The van der Waals surface area contributed by atoms with Crippen molar-refractivity contribution in [1.82, 2.24) is 0 Å². The van der Waals surface area contributed by atoms with Crippen LogP contribution in [0, 0.1) is 0 Å². The third-order valence-corrected chi connectivity index (χ3v) is 9.55. The van der Waals surface area contributed by atoms with Crippen molar-refractivity contribution in [3.05, 3.63) is 137 Å². The van der Waals surface area contributed by atoms with Gasteiger partial charge in [0.05, 0.1) is 14.2 Å². The van der Waals surface area contributed by atoms with Crippen molar-refractivity contribution in [3.63, 3.8) is 0 Å². The number of carbonyl (C=O) groups is 6. The molecule has 0 unspecified atom stereocenters. The topological polar surface area (TPSA) is 121 Å². The van der Waals surface area contributed by atoms with E-state index in [4.69, 9.17) is 9.47 Å². The zero-order chi connectivity index (χ0) is 35.5. The summed E-state index contributed by atoms with van der Waals surface area (Å²) < 4.78 is 12.9. The molecule has 0 heterocycles. The Kier molecular flexibility index (Phi) is 14.3. The van der Waals surface area contributed by atoms with Gasteiger partial charge in [0.25, 0.3) is 0 Å². The van der Waals surface area contributed by atoms with Gasteiger partial charge in [-0.05, 0) is 59.7 Å². The number of hydrogen-bond acceptors (Lipinski definition) is 8. The van der Waals surface area contributed by atoms with Gasteiger partial charge >= 0.3 is 11.9 Å². The summed E-state index contributed by atoms with van der Waals surface area (Å²) in [5, 5.41) is 0. The molecule has 0 N–H and O–H groups in total. The van der Waals surface area contributed by atoms with Crippen molar-refractivity contribution in [2.75, 3.05) is 14.2 Å². The number of esters is 2. The van der Waals surface area contributed by atoms with Crippen LogP contribution in [0.25, 0.3) is 0 Å². The first-order chi connectivity index (χ1) is 22.8. The van der Waals surface area contributed by atoms with Crippen molar-refractivity contribution >= 4 is 99.8 Å². The predicted molar refractivity (Wildman–Crippen MR) is 194 cm³/mol. The summed E-state index contributed by atoms with van der Waals surface area (Å²) in [6, 6.07) is 26.8. The van der Waals surface area contributed by atoms with Gasteiger partial charge in [0.15, 0.2) is 22.4 Å². The van der Waals surface area contributed by atoms with E-state index in [1.807, 2.05) is 0 Å². The average Bonchev–Trinajstić information content (AvgIpc) is 3.10. The van der Waals surface area contributed by atoms with Crippen LogP contribution in [0.1, 0.15) is 44.7 Å². The van der Waals surface area contributed by atoms with Gasteiger partial charge in [0, 0.05) is 41.9 Å². The first-order valence-corrected chi connectivity index (χ1v) is 17.2. The summed E-state index contributed by atoms with van der Waals surface area (Å²) in [6.45, 7) is 0. The van der Waals surface area contributed by atoms with Gasteiger partial charge in [-0.3, -0.25) is 19.2 Å². The molecule has 248 valence electrons. The van der Waals surface area contributed by atoms with Gasteiger partial charge < -0.3 is 19.1 Å². The molecule has 0 aliphatic rings. The van der Waals surface area contributed by atoms with E-state index < -0.39 is 22.8 Å². The van der Waals surface area contributed by atoms with E-state index in [9.17, 15) is 28.8 Å². The molecular weight excluding hydrogens is 880 g/mol. The van der Waals surface area contributed by atoms with Crippen LogP contribution >= 0.6 is 63.7 Å². The molecule has 0 amide bonds. The van der Waals surface area contributed by atoms with Gasteiger partial charge in [-0.2, -0.15) is 0 Å². The first kappa shape index (κ1) is 38.9. The number of aldehydes is 2. The minimum Gasteiger partial charge on any atom is -0.468 e. The molecule has 8 nitrogen and oxygen atoms in total. The lowest BCUT2D eigenvalue weighted by Crippen LogP contribution is -2.40. The van der Waals surface area contributed by atoms with Crippen molar-refractivity contribution in [1.29, 1.82) is 0 Å². The van der Waals surface area contributed by atoms with Crippen molar-refractivity contribution in [2.45, 2.75) is 23.7 Å². The molecule has 0 aliphatic heterocycles. The normalized spacial score (nSPS) is 13.0. The van der Waals surface area contributed by atoms with Gasteiger partial charge in [-0.25, -0.2) is 0 Å². The number of methoxy groups -OCH3 is 2. The Balaban J connectivity index is 0.000000260. The van der Waals surface area contributed by atoms with Gasteiger partial charge in [-0.1, -0.05) is 112 Å². The zero-order valence-corrected chi connectivity index (χ0v) is 31.9. The molecule has 4 aromatic rings. The van der Waals surface area contributed by atoms with Crippen LogP contribution in [0.15, 0.2) is 115 Å². The highest BCUT2D eigenvalue weighted by molar-refractivity contribution is 9.11. The van der Waals surface area contributed by atoms with Crippen LogP contribution < -0.4 is 0 Å². The van der Waals surface area contributed by atoms with E-state index in [1.165, 1.54) is 14.2 Å². The smallest absolute Gasteiger partial charge is 0.324 e. The highest BCUT2D eigenvalue weighted by Gasteiger charge is 2.44. The van der Waals surface area contributed by atoms with E-state index in [1.54, 1.807) is 97.1 Å². The molecule has 4 aromatic carbocycles. The largest absolute Gasteiger partial charge is 0.468 e. The van der Waals surface area contributed by atoms with Gasteiger partial charge in [-0.15, -0.1) is 0 Å². The number of rotatable bonds is 12. The van der Waals surface area contributed by atoms with Gasteiger partial charge in [0.2, 0.25) is 0 Å². The highest BCUT2D eigenvalue weighted by Crippen LogP contribution is 2.32. The van der Waals surface area contributed by atoms with E-state index in [2.05, 4.69) is 63.7 Å². The first-order valence-electron chi connectivity index (χ1n) is 14.0. The lowest BCUT2D eigenvalue weighted by Gasteiger charge is -2.25. The number of carbonyl (C=O) groups excluding carboxylic acids is 6. The van der Waals surface area contributed by atoms with E-state index in [-0.39, 0.29) is 24.4 Å². The Labute approximate surface area is 311 Å². The Morgan fingerprint density at radius 1 is 0.500 bits per heavy atom. The fourth-order valence-electron chi connectivity index (χ4n) is 4.74. The summed E-state index contributed by atoms with van der Waals surface area (Å²) in [7, 11) is 2.40. The molecule has 0 saturated heterocycles. The quantitative estimate of drug-likeness (QED) is 0.0605. The maximum absolute atomic E-state index is 12.6. The Bertz CT molecular complexity index is 1640. The number of benzene rings is 4. The lowest BCUT2D eigenvalue weighted by atomic mass is 9.76. The maximum atomic E-state index is 12.6. The fraction of sp³-hybridized carbons (Fsp3) is 0.167. The fourth-order valence-corrected chi connectivity index (χ4v) is 5.80. The Hall–Kier alpha value is -3.58. The Morgan fingerprint density at radius 2 is 0.750 bits per heavy atom. The summed E-state index contributed by atoms with van der Waals surface area (Å²) in [4.78, 5) is 73.6. The molecule has 0 radical (unpaired) electrons. The van der Waals surface area contributed by atoms with Gasteiger partial charge in [0.1, 0.15) is 12.6 Å². The second-order valence-electron chi connectivity index (χ2n) is 10.4. The lowest BCUT2D eigenvalue weighted by molar-refractivity contribution is -0.150. The van der Waals surface area contributed by atoms with Crippen molar-refractivity contribution in [3.8, 4) is 0 Å². The number of ether oxygens (including phenoxy) is 2. The monoisotopic (exact) mass is 904 g/mol. The van der Waals surface area contributed by atoms with Crippen LogP contribution in [0.3, 0.4) is 0 Å². The third-order valence-electron chi connectivity index (χ3n) is 7.43. The molecule has 4 rings (SSSR count). The standard InChI is InChI=1S/2C18H14Br2O4/c2*1-24-17(23)18(11-21,13-4-8-15(20)9-5-13)10-16(22)12-2-6-14(19)7-3-12/h2*2-9,11H,10H2,1H3/t2*18-/m10/s1. The molecule has 12 heteroatoms. The number of halogens is 4. The van der Waals surface area contributed by atoms with Crippen LogP contribution in [0.4, 0.5) is 0 Å². The van der Waals surface area contributed by atoms with Crippen molar-refractivity contribution < 1.29 is 38.2 Å². The van der Waals surface area contributed by atoms with Crippen LogP contribution in [0.2, 0.25) is 0 Å². The van der Waals surface area contributed by atoms with Crippen molar-refractivity contribution in [2.24, 2.45) is 0 Å². The summed E-state index contributed by atoms with van der Waals surface area (Å²) in [6.07, 6.45) is 0.372. The predicted octanol–water partition coefficient (Wildman–Crippen LogP) is 8.19. The molecule has 0 aromatic heterocycles. The van der Waals surface area contributed by atoms with E-state index in [0.29, 0.717) is 34.8 Å². The van der Waals surface area contributed by atoms with E-state index in [0.717, 1.165) is 17.9 Å². The molecule has 0 bridgehead atoms. The molecule has 2 atom stereocenters. The van der Waals surface area contributed by atoms with E-state index >= 15 is 0 Å². The number of ketones is 2. The average molecular weight is 908 g/mol. The highest BCUT2D eigenvalue weighted by atomic mass is 79.9. The van der Waals surface area contributed by atoms with Crippen LogP contribution in [0.5, 0.6) is 0 Å². The van der Waals surface area contributed by atoms with Crippen LogP contribution in [-0.4, -0.2) is 50.3 Å². The molecule has 0 fully saturated rings. The molecular formula is C36H28Br4O8. The number of Topliss-reactive ketones (excluding diaryl/α,β-unsaturated/α-hetero) is 2. The molecule has 0 saturated carbocycles. The zero-order valence-electron chi connectivity index (χ0n) is 25.6. The minimum absolute atomic E-state index is 0.299. The summed E-state index contributed by atoms with van der Waals surface area (Å²) in [5.41, 5.74) is -1.66. The second kappa shape index (κ2) is 17.7. The molecule has 48 heavy (non-hydrogen) atoms. The van der Waals surface area contributed by atoms with Crippen LogP contribution in [-0.2, 0) is 39.5 Å².